The summed E-state index contributed by atoms with van der Waals surface area (Å²) in [6.45, 7) is 3.54. The highest BCUT2D eigenvalue weighted by atomic mass is 16.7. The van der Waals surface area contributed by atoms with Gasteiger partial charge in [0.2, 0.25) is 12.6 Å². The highest BCUT2D eigenvalue weighted by Gasteiger charge is 2.12. The molecule has 0 amide bonds. The van der Waals surface area contributed by atoms with Crippen LogP contribution in [0.25, 0.3) is 0 Å². The number of hydrogen-bond acceptors (Lipinski definition) is 8. The molecule has 1 N–H and O–H groups in total. The number of nitrogens with one attached hydrogen (secondary N) is 1. The Morgan fingerprint density at radius 2 is 2.13 bits per heavy atom. The standard InChI is InChI=1S/C14H25N5O4/c1-2-22-14(20)23-11-19-17-13(16-18-19)10-21-9-8-15-12-6-4-3-5-7-12/h12,15H,2-11H2,1H3. The summed E-state index contributed by atoms with van der Waals surface area (Å²) >= 11 is 0. The lowest BCUT2D eigenvalue weighted by molar-refractivity contribution is 0.0286. The molecule has 1 fully saturated rings. The largest absolute Gasteiger partial charge is 0.510 e. The van der Waals surface area contributed by atoms with E-state index < -0.39 is 6.16 Å². The van der Waals surface area contributed by atoms with Gasteiger partial charge in [-0.2, -0.15) is 0 Å². The Morgan fingerprint density at radius 3 is 2.91 bits per heavy atom. The zero-order chi connectivity index (χ0) is 16.3. The molecule has 0 aliphatic heterocycles. The molecule has 1 aliphatic rings. The van der Waals surface area contributed by atoms with Gasteiger partial charge in [-0.25, -0.2) is 4.79 Å². The Morgan fingerprint density at radius 1 is 1.30 bits per heavy atom. The summed E-state index contributed by atoms with van der Waals surface area (Å²) in [5.74, 6) is 0.454. The van der Waals surface area contributed by atoms with Crippen molar-refractivity contribution in [3.63, 3.8) is 0 Å². The minimum absolute atomic E-state index is 0.130. The van der Waals surface area contributed by atoms with Crippen molar-refractivity contribution in [3.05, 3.63) is 5.82 Å². The average molecular weight is 327 g/mol. The highest BCUT2D eigenvalue weighted by molar-refractivity contribution is 5.59. The third kappa shape index (κ3) is 6.91. The van der Waals surface area contributed by atoms with Crippen molar-refractivity contribution in [2.75, 3.05) is 19.8 Å². The maximum atomic E-state index is 11.0. The number of hydrogen-bond donors (Lipinski definition) is 1. The fourth-order valence-corrected chi connectivity index (χ4v) is 2.46. The van der Waals surface area contributed by atoms with Crippen molar-refractivity contribution in [1.82, 2.24) is 25.5 Å². The summed E-state index contributed by atoms with van der Waals surface area (Å²) in [6.07, 6.45) is 5.76. The Bertz CT molecular complexity index is 462. The molecule has 0 saturated heterocycles. The van der Waals surface area contributed by atoms with Gasteiger partial charge >= 0.3 is 6.16 Å². The topological polar surface area (TPSA) is 100 Å². The zero-order valence-electron chi connectivity index (χ0n) is 13.6. The van der Waals surface area contributed by atoms with Crippen molar-refractivity contribution >= 4 is 6.16 Å². The van der Waals surface area contributed by atoms with Gasteiger partial charge in [0.05, 0.1) is 13.2 Å². The minimum Gasteiger partial charge on any atom is -0.435 e. The van der Waals surface area contributed by atoms with Crippen molar-refractivity contribution in [2.45, 2.75) is 58.4 Å². The van der Waals surface area contributed by atoms with E-state index in [4.69, 9.17) is 9.47 Å². The van der Waals surface area contributed by atoms with Gasteiger partial charge in [-0.05, 0) is 25.0 Å². The molecular formula is C14H25N5O4. The fourth-order valence-electron chi connectivity index (χ4n) is 2.46. The molecule has 1 aromatic rings. The predicted molar refractivity (Wildman–Crippen MR) is 80.5 cm³/mol. The normalized spacial score (nSPS) is 15.5. The van der Waals surface area contributed by atoms with E-state index >= 15 is 0 Å². The van der Waals surface area contributed by atoms with Crippen LogP contribution >= 0.6 is 0 Å². The van der Waals surface area contributed by atoms with E-state index in [1.807, 2.05) is 0 Å². The van der Waals surface area contributed by atoms with Crippen LogP contribution in [0.15, 0.2) is 0 Å². The number of carbonyl (C=O) groups is 1. The molecule has 9 heteroatoms. The summed E-state index contributed by atoms with van der Waals surface area (Å²) in [5, 5.41) is 15.1. The van der Waals surface area contributed by atoms with Gasteiger partial charge in [0.1, 0.15) is 6.61 Å². The summed E-state index contributed by atoms with van der Waals surface area (Å²) in [6, 6.07) is 0.631. The zero-order valence-corrected chi connectivity index (χ0v) is 13.6. The summed E-state index contributed by atoms with van der Waals surface area (Å²) in [4.78, 5) is 12.2. The Kier molecular flexibility index (Phi) is 7.74. The van der Waals surface area contributed by atoms with E-state index in [-0.39, 0.29) is 19.9 Å². The van der Waals surface area contributed by atoms with Crippen LogP contribution in [0.5, 0.6) is 0 Å². The Labute approximate surface area is 135 Å². The third-order valence-corrected chi connectivity index (χ3v) is 3.57. The summed E-state index contributed by atoms with van der Waals surface area (Å²) < 4.78 is 14.9. The van der Waals surface area contributed by atoms with E-state index in [0.717, 1.165) is 6.54 Å². The van der Waals surface area contributed by atoms with Crippen molar-refractivity contribution in [3.8, 4) is 0 Å². The maximum absolute atomic E-state index is 11.0. The van der Waals surface area contributed by atoms with E-state index in [2.05, 4.69) is 25.5 Å². The van der Waals surface area contributed by atoms with Crippen LogP contribution < -0.4 is 5.32 Å². The summed E-state index contributed by atoms with van der Waals surface area (Å²) in [5.41, 5.74) is 0. The lowest BCUT2D eigenvalue weighted by Gasteiger charge is -2.22. The highest BCUT2D eigenvalue weighted by Crippen LogP contribution is 2.16. The minimum atomic E-state index is -0.753. The molecule has 0 unspecified atom stereocenters. The van der Waals surface area contributed by atoms with E-state index in [9.17, 15) is 4.79 Å². The van der Waals surface area contributed by atoms with E-state index in [0.29, 0.717) is 18.5 Å². The smallest absolute Gasteiger partial charge is 0.435 e. The van der Waals surface area contributed by atoms with Crippen molar-refractivity contribution in [2.24, 2.45) is 0 Å². The number of aromatic nitrogens is 4. The van der Waals surface area contributed by atoms with Crippen LogP contribution in [0.3, 0.4) is 0 Å². The van der Waals surface area contributed by atoms with Gasteiger partial charge in [-0.3, -0.25) is 0 Å². The molecule has 0 atom stereocenters. The van der Waals surface area contributed by atoms with Gasteiger partial charge in [0.25, 0.3) is 0 Å². The van der Waals surface area contributed by atoms with Gasteiger partial charge in [0.15, 0.2) is 0 Å². The van der Waals surface area contributed by atoms with Crippen LogP contribution in [-0.2, 0) is 27.5 Å². The lowest BCUT2D eigenvalue weighted by atomic mass is 9.96. The van der Waals surface area contributed by atoms with Crippen molar-refractivity contribution in [1.29, 1.82) is 0 Å². The molecule has 2 rings (SSSR count). The molecule has 1 aromatic heterocycles. The molecule has 1 heterocycles. The third-order valence-electron chi connectivity index (χ3n) is 3.57. The van der Waals surface area contributed by atoms with Gasteiger partial charge < -0.3 is 19.5 Å². The molecule has 9 nitrogen and oxygen atoms in total. The quantitative estimate of drug-likeness (QED) is 0.534. The molecule has 1 saturated carbocycles. The second-order valence-corrected chi connectivity index (χ2v) is 5.38. The van der Waals surface area contributed by atoms with Crippen molar-refractivity contribution < 1.29 is 19.0 Å². The van der Waals surface area contributed by atoms with E-state index in [1.54, 1.807) is 6.92 Å². The average Bonchev–Trinajstić information content (AvgIpc) is 3.02. The van der Waals surface area contributed by atoms with Crippen LogP contribution in [0.4, 0.5) is 4.79 Å². The second-order valence-electron chi connectivity index (χ2n) is 5.38. The maximum Gasteiger partial charge on any atom is 0.510 e. The molecular weight excluding hydrogens is 302 g/mol. The monoisotopic (exact) mass is 327 g/mol. The Balaban J connectivity index is 1.54. The Hall–Kier alpha value is -1.74. The van der Waals surface area contributed by atoms with Crippen LogP contribution in [0.1, 0.15) is 44.9 Å². The molecule has 0 radical (unpaired) electrons. The SMILES string of the molecule is CCOC(=O)OCn1nnc(COCCNC2CCCCC2)n1. The molecule has 0 spiro atoms. The lowest BCUT2D eigenvalue weighted by Crippen LogP contribution is -2.33. The predicted octanol–water partition coefficient (Wildman–Crippen LogP) is 1.24. The number of ether oxygens (including phenoxy) is 3. The van der Waals surface area contributed by atoms with Crippen LogP contribution in [-0.4, -0.2) is 52.2 Å². The van der Waals surface area contributed by atoms with Gasteiger partial charge in [-0.1, -0.05) is 19.3 Å². The first-order valence-corrected chi connectivity index (χ1v) is 8.15. The van der Waals surface area contributed by atoms with Gasteiger partial charge in [-0.15, -0.1) is 15.0 Å². The summed E-state index contributed by atoms with van der Waals surface area (Å²) in [7, 11) is 0. The first-order valence-electron chi connectivity index (χ1n) is 8.15. The molecule has 0 bridgehead atoms. The number of rotatable bonds is 9. The molecule has 130 valence electrons. The molecule has 0 aromatic carbocycles. The van der Waals surface area contributed by atoms with E-state index in [1.165, 1.54) is 36.9 Å². The number of nitrogens with zero attached hydrogens (tertiary/aromatic N) is 4. The second kappa shape index (κ2) is 10.1. The van der Waals surface area contributed by atoms with Gasteiger partial charge in [0, 0.05) is 12.6 Å². The number of carbonyl (C=O) groups excluding carboxylic acids is 1. The first kappa shape index (κ1) is 17.6. The molecule has 1 aliphatic carbocycles. The fraction of sp³-hybridized carbons (Fsp3) is 0.857. The van der Waals surface area contributed by atoms with Crippen LogP contribution in [0.2, 0.25) is 0 Å². The first-order chi connectivity index (χ1) is 11.3. The molecule has 23 heavy (non-hydrogen) atoms. The number of tetrazole rings is 1. The van der Waals surface area contributed by atoms with Crippen LogP contribution in [0, 0.1) is 0 Å².